The van der Waals surface area contributed by atoms with Crippen LogP contribution in [0.3, 0.4) is 0 Å². The topological polar surface area (TPSA) is 23.1 Å². The lowest BCUT2D eigenvalue weighted by molar-refractivity contribution is 0.619. The highest BCUT2D eigenvalue weighted by molar-refractivity contribution is 7.93. The van der Waals surface area contributed by atoms with Crippen LogP contribution in [0, 0.1) is 6.92 Å². The molecule has 0 atom stereocenters. The van der Waals surface area contributed by atoms with Gasteiger partial charge in [0, 0.05) is 0 Å². The molecule has 0 unspecified atom stereocenters. The van der Waals surface area contributed by atoms with Crippen molar-refractivity contribution in [2.45, 2.75) is 11.8 Å². The Labute approximate surface area is 58.9 Å². The summed E-state index contributed by atoms with van der Waals surface area (Å²) in [6, 6.07) is 7.51. The van der Waals surface area contributed by atoms with E-state index in [1.165, 1.54) is 5.56 Å². The summed E-state index contributed by atoms with van der Waals surface area (Å²) in [5, 5.41) is 0. The third-order valence-corrected chi connectivity index (χ3v) is 1.58. The predicted octanol–water partition coefficient (Wildman–Crippen LogP) is 2.22. The molecule has 0 heterocycles. The summed E-state index contributed by atoms with van der Waals surface area (Å²) in [7, 11) is 0. The van der Waals surface area contributed by atoms with Crippen LogP contribution >= 0.6 is 12.0 Å². The fraction of sp³-hybridized carbons (Fsp3) is 0.143. The number of benzene rings is 1. The Balaban J connectivity index is 2.88. The van der Waals surface area contributed by atoms with Gasteiger partial charge in [0.1, 0.15) is 0 Å². The summed E-state index contributed by atoms with van der Waals surface area (Å²) in [5.41, 5.74) is 1.19. The monoisotopic (exact) mass is 139 g/mol. The Morgan fingerprint density at radius 1 is 1.22 bits per heavy atom. The molecule has 0 N–H and O–H groups in total. The summed E-state index contributed by atoms with van der Waals surface area (Å²) < 4.78 is 10.2. The van der Waals surface area contributed by atoms with Crippen LogP contribution in [0.4, 0.5) is 0 Å². The molecule has 48 valence electrons. The van der Waals surface area contributed by atoms with Crippen molar-refractivity contribution < 1.29 is 4.55 Å². The van der Waals surface area contributed by atoms with Crippen molar-refractivity contribution in [3.05, 3.63) is 29.8 Å². The van der Waals surface area contributed by atoms with Crippen LogP contribution in [0.25, 0.3) is 0 Å². The van der Waals surface area contributed by atoms with Crippen molar-refractivity contribution in [3.8, 4) is 0 Å². The number of aryl methyl sites for hydroxylation is 1. The minimum absolute atomic E-state index is 0.527. The molecular weight excluding hydrogens is 132 g/mol. The summed E-state index contributed by atoms with van der Waals surface area (Å²) in [6.45, 7) is 2.00. The van der Waals surface area contributed by atoms with Crippen molar-refractivity contribution in [1.29, 1.82) is 0 Å². The summed E-state index contributed by atoms with van der Waals surface area (Å²) >= 11 is 0.527. The molecule has 0 aliphatic carbocycles. The number of hydrogen-bond donors (Lipinski definition) is 0. The lowest BCUT2D eigenvalue weighted by atomic mass is 10.2. The summed E-state index contributed by atoms with van der Waals surface area (Å²) in [4.78, 5) is 0.778. The number of rotatable bonds is 1. The first-order valence-corrected chi connectivity index (χ1v) is 3.43. The molecule has 0 aliphatic heterocycles. The Morgan fingerprint density at radius 2 is 1.78 bits per heavy atom. The largest absolute Gasteiger partial charge is 0.795 e. The molecule has 0 aromatic heterocycles. The van der Waals surface area contributed by atoms with Crippen LogP contribution in [-0.4, -0.2) is 4.55 Å². The molecule has 0 aliphatic rings. The molecule has 0 fully saturated rings. The van der Waals surface area contributed by atoms with E-state index >= 15 is 0 Å². The third-order valence-electron chi connectivity index (χ3n) is 1.12. The summed E-state index contributed by atoms with van der Waals surface area (Å²) in [6.07, 6.45) is 0. The molecule has 0 spiro atoms. The van der Waals surface area contributed by atoms with Crippen molar-refractivity contribution in [2.75, 3.05) is 0 Å². The van der Waals surface area contributed by atoms with Crippen LogP contribution < -0.4 is 0 Å². The second kappa shape index (κ2) is 2.90. The van der Waals surface area contributed by atoms with Gasteiger partial charge in [-0.25, -0.2) is 12.0 Å². The van der Waals surface area contributed by atoms with E-state index in [2.05, 4.69) is 0 Å². The van der Waals surface area contributed by atoms with Crippen LogP contribution in [-0.2, 0) is 0 Å². The average molecular weight is 139 g/mol. The van der Waals surface area contributed by atoms with E-state index < -0.39 is 0 Å². The zero-order valence-electron chi connectivity index (χ0n) is 5.13. The van der Waals surface area contributed by atoms with Gasteiger partial charge >= 0.3 is 0 Å². The molecule has 0 radical (unpaired) electrons. The Kier molecular flexibility index (Phi) is 2.14. The highest BCUT2D eigenvalue weighted by Gasteiger charge is 1.82. The molecule has 1 aromatic rings. The lowest BCUT2D eigenvalue weighted by Crippen LogP contribution is -1.70. The first-order valence-electron chi connectivity index (χ1n) is 2.69. The van der Waals surface area contributed by atoms with E-state index in [-0.39, 0.29) is 0 Å². The van der Waals surface area contributed by atoms with E-state index in [0.717, 1.165) is 4.90 Å². The highest BCUT2D eigenvalue weighted by Crippen LogP contribution is 2.13. The van der Waals surface area contributed by atoms with Crippen LogP contribution in [0.1, 0.15) is 5.56 Å². The second-order valence-corrected chi connectivity index (χ2v) is 2.53. The number of hydrogen-bond acceptors (Lipinski definition) is 2. The zero-order chi connectivity index (χ0) is 6.69. The van der Waals surface area contributed by atoms with Gasteiger partial charge in [0.05, 0.1) is 0 Å². The highest BCUT2D eigenvalue weighted by atomic mass is 32.2. The van der Waals surface area contributed by atoms with E-state index in [0.29, 0.717) is 12.0 Å². The SMILES string of the molecule is Cc1ccc(S[O-])cc1. The zero-order valence-corrected chi connectivity index (χ0v) is 5.94. The van der Waals surface area contributed by atoms with Crippen LogP contribution in [0.5, 0.6) is 0 Å². The predicted molar refractivity (Wildman–Crippen MR) is 37.8 cm³/mol. The Morgan fingerprint density at radius 3 is 2.22 bits per heavy atom. The molecule has 9 heavy (non-hydrogen) atoms. The molecule has 0 bridgehead atoms. The van der Waals surface area contributed by atoms with E-state index in [4.69, 9.17) is 0 Å². The van der Waals surface area contributed by atoms with Crippen LogP contribution in [0.2, 0.25) is 0 Å². The maximum atomic E-state index is 10.2. The molecule has 1 nitrogen and oxygen atoms in total. The van der Waals surface area contributed by atoms with Gasteiger partial charge in [-0.15, -0.1) is 0 Å². The van der Waals surface area contributed by atoms with Gasteiger partial charge in [-0.05, 0) is 24.0 Å². The van der Waals surface area contributed by atoms with Crippen molar-refractivity contribution in [3.63, 3.8) is 0 Å². The maximum Gasteiger partial charge on any atom is -0.00742 e. The van der Waals surface area contributed by atoms with Crippen LogP contribution in [0.15, 0.2) is 29.2 Å². The van der Waals surface area contributed by atoms with Crippen molar-refractivity contribution in [2.24, 2.45) is 0 Å². The Bertz CT molecular complexity index is 181. The smallest absolute Gasteiger partial charge is 0.00742 e. The minimum atomic E-state index is 0.527. The second-order valence-electron chi connectivity index (χ2n) is 1.90. The molecule has 1 rings (SSSR count). The standard InChI is InChI=1S/C7H8OS/c1-6-2-4-7(9-8)5-3-6/h2-5,8H,1H3/p-1. The van der Waals surface area contributed by atoms with Crippen molar-refractivity contribution >= 4 is 12.0 Å². The molecule has 0 amide bonds. The van der Waals surface area contributed by atoms with Gasteiger partial charge in [-0.2, -0.15) is 0 Å². The quantitative estimate of drug-likeness (QED) is 0.557. The van der Waals surface area contributed by atoms with E-state index in [9.17, 15) is 4.55 Å². The molecule has 2 heteroatoms. The lowest BCUT2D eigenvalue weighted by Gasteiger charge is -2.02. The molecule has 0 saturated carbocycles. The van der Waals surface area contributed by atoms with Gasteiger partial charge in [0.15, 0.2) is 0 Å². The fourth-order valence-corrected chi connectivity index (χ4v) is 0.841. The van der Waals surface area contributed by atoms with Gasteiger partial charge in [0.2, 0.25) is 0 Å². The van der Waals surface area contributed by atoms with E-state index in [1.807, 2.05) is 31.2 Å². The van der Waals surface area contributed by atoms with E-state index in [1.54, 1.807) is 0 Å². The Hall–Kier alpha value is -0.470. The molecule has 0 saturated heterocycles. The molecular formula is C7H7OS-. The van der Waals surface area contributed by atoms with Crippen molar-refractivity contribution in [1.82, 2.24) is 0 Å². The van der Waals surface area contributed by atoms with Gasteiger partial charge in [0.25, 0.3) is 0 Å². The van der Waals surface area contributed by atoms with Gasteiger partial charge in [-0.3, -0.25) is 0 Å². The maximum absolute atomic E-state index is 10.2. The fourth-order valence-electron chi connectivity index (χ4n) is 0.594. The first-order chi connectivity index (χ1) is 4.33. The minimum Gasteiger partial charge on any atom is -0.795 e. The average Bonchev–Trinajstić information content (AvgIpc) is 1.90. The normalized spacial score (nSPS) is 9.56. The van der Waals surface area contributed by atoms with Gasteiger partial charge in [-0.1, -0.05) is 17.7 Å². The third kappa shape index (κ3) is 1.73. The van der Waals surface area contributed by atoms with Gasteiger partial charge < -0.3 is 4.55 Å². The summed E-state index contributed by atoms with van der Waals surface area (Å²) in [5.74, 6) is 0. The first kappa shape index (κ1) is 6.65. The molecule has 1 aromatic carbocycles.